The van der Waals surface area contributed by atoms with E-state index in [1.165, 1.54) is 6.92 Å². The van der Waals surface area contributed by atoms with Crippen molar-refractivity contribution in [3.63, 3.8) is 0 Å². The summed E-state index contributed by atoms with van der Waals surface area (Å²) >= 11 is 0. The van der Waals surface area contributed by atoms with Crippen molar-refractivity contribution in [1.29, 1.82) is 0 Å². The van der Waals surface area contributed by atoms with E-state index in [1.54, 1.807) is 0 Å². The van der Waals surface area contributed by atoms with Gasteiger partial charge in [-0.05, 0) is 7.05 Å². The molecule has 0 heterocycles. The molecule has 0 saturated carbocycles. The van der Waals surface area contributed by atoms with Gasteiger partial charge >= 0.3 is 0 Å². The highest BCUT2D eigenvalue weighted by molar-refractivity contribution is 5.72. The summed E-state index contributed by atoms with van der Waals surface area (Å²) < 4.78 is 0. The van der Waals surface area contributed by atoms with E-state index in [0.29, 0.717) is 13.1 Å². The molecule has 0 unspecified atom stereocenters. The molecule has 0 fully saturated rings. The Kier molecular flexibility index (Phi) is 5.22. The molecular formula is C8H14N2O. The summed E-state index contributed by atoms with van der Waals surface area (Å²) in [5, 5.41) is 2.69. The molecule has 0 aliphatic carbocycles. The van der Waals surface area contributed by atoms with E-state index in [0.717, 1.165) is 6.54 Å². The third-order valence-corrected chi connectivity index (χ3v) is 1.23. The Morgan fingerprint density at radius 3 is 2.82 bits per heavy atom. The van der Waals surface area contributed by atoms with E-state index >= 15 is 0 Å². The fourth-order valence-corrected chi connectivity index (χ4v) is 0.658. The molecule has 62 valence electrons. The van der Waals surface area contributed by atoms with E-state index in [-0.39, 0.29) is 5.91 Å². The highest BCUT2D eigenvalue weighted by atomic mass is 16.1. The molecule has 11 heavy (non-hydrogen) atoms. The van der Waals surface area contributed by atoms with Crippen molar-refractivity contribution >= 4 is 5.91 Å². The zero-order valence-corrected chi connectivity index (χ0v) is 7.05. The van der Waals surface area contributed by atoms with Crippen molar-refractivity contribution in [1.82, 2.24) is 10.2 Å². The van der Waals surface area contributed by atoms with E-state index in [2.05, 4.69) is 11.2 Å². The molecule has 3 heteroatoms. The zero-order valence-electron chi connectivity index (χ0n) is 7.05. The van der Waals surface area contributed by atoms with E-state index in [9.17, 15) is 4.79 Å². The molecule has 0 aromatic carbocycles. The molecule has 0 rings (SSSR count). The highest BCUT2D eigenvalue weighted by Crippen LogP contribution is 1.77. The third-order valence-electron chi connectivity index (χ3n) is 1.23. The van der Waals surface area contributed by atoms with Crippen LogP contribution >= 0.6 is 0 Å². The number of nitrogens with one attached hydrogen (secondary N) is 1. The van der Waals surface area contributed by atoms with Crippen LogP contribution in [0.4, 0.5) is 0 Å². The Bertz CT molecular complexity index is 160. The number of nitrogens with zero attached hydrogens (tertiary/aromatic N) is 1. The van der Waals surface area contributed by atoms with Gasteiger partial charge in [-0.2, -0.15) is 0 Å². The van der Waals surface area contributed by atoms with Crippen molar-refractivity contribution in [2.75, 3.05) is 26.7 Å². The van der Waals surface area contributed by atoms with Crippen LogP contribution in [0.25, 0.3) is 0 Å². The number of likely N-dealkylation sites (N-methyl/N-ethyl adjacent to an activating group) is 1. The average Bonchev–Trinajstić information content (AvgIpc) is 1.87. The second kappa shape index (κ2) is 5.75. The second-order valence-electron chi connectivity index (χ2n) is 2.42. The maximum atomic E-state index is 10.4. The smallest absolute Gasteiger partial charge is 0.216 e. The Morgan fingerprint density at radius 2 is 2.36 bits per heavy atom. The SMILES string of the molecule is C#CCN(C)CCNC(C)=O. The number of carbonyl (C=O) groups excluding carboxylic acids is 1. The Morgan fingerprint density at radius 1 is 1.73 bits per heavy atom. The number of hydrogen-bond acceptors (Lipinski definition) is 2. The van der Waals surface area contributed by atoms with Crippen molar-refractivity contribution in [2.45, 2.75) is 6.92 Å². The normalized spacial score (nSPS) is 9.27. The van der Waals surface area contributed by atoms with Gasteiger partial charge in [-0.3, -0.25) is 9.69 Å². The maximum absolute atomic E-state index is 10.4. The van der Waals surface area contributed by atoms with Gasteiger partial charge in [0.1, 0.15) is 0 Å². The van der Waals surface area contributed by atoms with Crippen LogP contribution in [-0.2, 0) is 4.79 Å². The van der Waals surface area contributed by atoms with Crippen LogP contribution in [0.1, 0.15) is 6.92 Å². The fourth-order valence-electron chi connectivity index (χ4n) is 0.658. The lowest BCUT2D eigenvalue weighted by Gasteiger charge is -2.12. The molecular weight excluding hydrogens is 140 g/mol. The number of carbonyl (C=O) groups is 1. The minimum absolute atomic E-state index is 0.000826. The molecule has 0 spiro atoms. The number of rotatable bonds is 4. The summed E-state index contributed by atoms with van der Waals surface area (Å²) in [6.45, 7) is 3.58. The minimum Gasteiger partial charge on any atom is -0.355 e. The van der Waals surface area contributed by atoms with Gasteiger partial charge in [0, 0.05) is 20.0 Å². The summed E-state index contributed by atoms with van der Waals surface area (Å²) in [7, 11) is 1.92. The van der Waals surface area contributed by atoms with Crippen LogP contribution in [0, 0.1) is 12.3 Å². The van der Waals surface area contributed by atoms with Crippen molar-refractivity contribution in [3.8, 4) is 12.3 Å². The van der Waals surface area contributed by atoms with Crippen LogP contribution in [0.15, 0.2) is 0 Å². The van der Waals surface area contributed by atoms with Crippen molar-refractivity contribution in [3.05, 3.63) is 0 Å². The summed E-state index contributed by atoms with van der Waals surface area (Å²) in [4.78, 5) is 12.4. The van der Waals surface area contributed by atoms with Gasteiger partial charge in [0.25, 0.3) is 0 Å². The largest absolute Gasteiger partial charge is 0.355 e. The first-order chi connectivity index (χ1) is 5.16. The van der Waals surface area contributed by atoms with Crippen LogP contribution in [0.2, 0.25) is 0 Å². The van der Waals surface area contributed by atoms with Crippen LogP contribution < -0.4 is 5.32 Å². The van der Waals surface area contributed by atoms with Crippen molar-refractivity contribution in [2.24, 2.45) is 0 Å². The van der Waals surface area contributed by atoms with Gasteiger partial charge in [0.2, 0.25) is 5.91 Å². The molecule has 0 radical (unpaired) electrons. The quantitative estimate of drug-likeness (QED) is 0.563. The molecule has 0 saturated heterocycles. The molecule has 0 aliphatic rings. The van der Waals surface area contributed by atoms with Gasteiger partial charge in [0.15, 0.2) is 0 Å². The van der Waals surface area contributed by atoms with Gasteiger partial charge < -0.3 is 5.32 Å². The predicted octanol–water partition coefficient (Wildman–Crippen LogP) is -0.312. The molecule has 0 aromatic heterocycles. The molecule has 0 aromatic rings. The number of amides is 1. The molecule has 0 bridgehead atoms. The van der Waals surface area contributed by atoms with Crippen LogP contribution in [0.3, 0.4) is 0 Å². The first-order valence-corrected chi connectivity index (χ1v) is 3.53. The van der Waals surface area contributed by atoms with Crippen molar-refractivity contribution < 1.29 is 4.79 Å². The van der Waals surface area contributed by atoms with E-state index < -0.39 is 0 Å². The first-order valence-electron chi connectivity index (χ1n) is 3.53. The Labute approximate surface area is 67.8 Å². The average molecular weight is 154 g/mol. The lowest BCUT2D eigenvalue weighted by molar-refractivity contribution is -0.118. The maximum Gasteiger partial charge on any atom is 0.216 e. The molecule has 0 atom stereocenters. The number of hydrogen-bond donors (Lipinski definition) is 1. The van der Waals surface area contributed by atoms with Crippen LogP contribution in [-0.4, -0.2) is 37.5 Å². The first kappa shape index (κ1) is 9.99. The fraction of sp³-hybridized carbons (Fsp3) is 0.625. The standard InChI is InChI=1S/C8H14N2O/c1-4-6-10(3)7-5-9-8(2)11/h1H,5-7H2,2-3H3,(H,9,11). The molecule has 0 aliphatic heterocycles. The van der Waals surface area contributed by atoms with Crippen LogP contribution in [0.5, 0.6) is 0 Å². The predicted molar refractivity (Wildman–Crippen MR) is 45.0 cm³/mol. The summed E-state index contributed by atoms with van der Waals surface area (Å²) in [5.41, 5.74) is 0. The zero-order chi connectivity index (χ0) is 8.69. The highest BCUT2D eigenvalue weighted by Gasteiger charge is 1.94. The summed E-state index contributed by atoms with van der Waals surface area (Å²) in [5.74, 6) is 2.52. The van der Waals surface area contributed by atoms with Gasteiger partial charge in [-0.1, -0.05) is 5.92 Å². The lowest BCUT2D eigenvalue weighted by Crippen LogP contribution is -2.31. The summed E-state index contributed by atoms with van der Waals surface area (Å²) in [6, 6.07) is 0. The lowest BCUT2D eigenvalue weighted by atomic mass is 10.5. The molecule has 3 nitrogen and oxygen atoms in total. The van der Waals surface area contributed by atoms with Gasteiger partial charge in [-0.15, -0.1) is 6.42 Å². The Hall–Kier alpha value is -1.01. The molecule has 1 N–H and O–H groups in total. The minimum atomic E-state index is -0.000826. The topological polar surface area (TPSA) is 32.3 Å². The van der Waals surface area contributed by atoms with Gasteiger partial charge in [0.05, 0.1) is 6.54 Å². The van der Waals surface area contributed by atoms with Gasteiger partial charge in [-0.25, -0.2) is 0 Å². The number of terminal acetylenes is 1. The van der Waals surface area contributed by atoms with E-state index in [4.69, 9.17) is 6.42 Å². The third kappa shape index (κ3) is 6.88. The monoisotopic (exact) mass is 154 g/mol. The summed E-state index contributed by atoms with van der Waals surface area (Å²) in [6.07, 6.45) is 5.08. The second-order valence-corrected chi connectivity index (χ2v) is 2.42. The Balaban J connectivity index is 3.25. The van der Waals surface area contributed by atoms with E-state index in [1.807, 2.05) is 11.9 Å². The molecule has 1 amide bonds.